The van der Waals surface area contributed by atoms with Crippen LogP contribution in [0.5, 0.6) is 0 Å². The molecule has 0 saturated heterocycles. The molecule has 96 valence electrons. The van der Waals surface area contributed by atoms with E-state index >= 15 is 0 Å². The van der Waals surface area contributed by atoms with Gasteiger partial charge in [0.1, 0.15) is 0 Å². The number of aliphatic hydroxyl groups is 1. The number of nitrogens with zero attached hydrogens (tertiary/aromatic N) is 3. The quantitative estimate of drug-likeness (QED) is 0.943. The lowest BCUT2D eigenvalue weighted by Gasteiger charge is -2.09. The van der Waals surface area contributed by atoms with Crippen LogP contribution in [0.15, 0.2) is 29.0 Å². The molecule has 1 atom stereocenters. The second-order valence-electron chi connectivity index (χ2n) is 4.25. The van der Waals surface area contributed by atoms with Crippen LogP contribution in [-0.4, -0.2) is 19.9 Å². The van der Waals surface area contributed by atoms with Crippen LogP contribution in [-0.2, 0) is 19.9 Å². The van der Waals surface area contributed by atoms with Gasteiger partial charge in [-0.05, 0) is 34.5 Å². The minimum Gasteiger partial charge on any atom is -0.388 e. The second kappa shape index (κ2) is 5.63. The fourth-order valence-electron chi connectivity index (χ4n) is 1.94. The molecule has 2 heterocycles. The van der Waals surface area contributed by atoms with Gasteiger partial charge < -0.3 is 5.11 Å². The van der Waals surface area contributed by atoms with E-state index in [1.807, 2.05) is 32.3 Å². The van der Waals surface area contributed by atoms with E-state index in [9.17, 15) is 5.11 Å². The van der Waals surface area contributed by atoms with Crippen molar-refractivity contribution in [2.24, 2.45) is 7.05 Å². The molecule has 18 heavy (non-hydrogen) atoms. The van der Waals surface area contributed by atoms with E-state index in [0.29, 0.717) is 6.42 Å². The molecule has 0 aliphatic carbocycles. The molecule has 0 aromatic carbocycles. The topological polar surface area (TPSA) is 50.9 Å². The van der Waals surface area contributed by atoms with Crippen LogP contribution >= 0.6 is 15.9 Å². The lowest BCUT2D eigenvalue weighted by atomic mass is 10.0. The Morgan fingerprint density at radius 3 is 2.83 bits per heavy atom. The number of halogens is 1. The third kappa shape index (κ3) is 2.97. The van der Waals surface area contributed by atoms with Crippen molar-refractivity contribution in [3.05, 3.63) is 46.0 Å². The summed E-state index contributed by atoms with van der Waals surface area (Å²) in [5.41, 5.74) is 2.71. The van der Waals surface area contributed by atoms with Gasteiger partial charge in [-0.2, -0.15) is 5.10 Å². The third-order valence-corrected chi connectivity index (χ3v) is 3.29. The molecule has 0 aliphatic rings. The van der Waals surface area contributed by atoms with Gasteiger partial charge >= 0.3 is 0 Å². The summed E-state index contributed by atoms with van der Waals surface area (Å²) in [6, 6.07) is 3.84. The van der Waals surface area contributed by atoms with Gasteiger partial charge in [0.25, 0.3) is 0 Å². The number of hydrogen-bond acceptors (Lipinski definition) is 3. The number of pyridine rings is 1. The van der Waals surface area contributed by atoms with Gasteiger partial charge in [-0.3, -0.25) is 9.67 Å². The molecule has 2 aromatic heterocycles. The first-order chi connectivity index (χ1) is 8.60. The summed E-state index contributed by atoms with van der Waals surface area (Å²) in [6.07, 6.45) is 4.39. The minimum atomic E-state index is -0.553. The van der Waals surface area contributed by atoms with E-state index in [1.165, 1.54) is 0 Å². The van der Waals surface area contributed by atoms with Crippen molar-refractivity contribution >= 4 is 15.9 Å². The fraction of sp³-hybridized carbons (Fsp3) is 0.385. The summed E-state index contributed by atoms with van der Waals surface area (Å²) in [5, 5.41) is 14.6. The highest BCUT2D eigenvalue weighted by Crippen LogP contribution is 2.21. The number of aliphatic hydroxyl groups excluding tert-OH is 1. The summed E-state index contributed by atoms with van der Waals surface area (Å²) in [5.74, 6) is 0. The number of aryl methyl sites for hydroxylation is 2. The van der Waals surface area contributed by atoms with Crippen molar-refractivity contribution < 1.29 is 5.11 Å². The predicted octanol–water partition coefficient (Wildman–Crippen LogP) is 2.42. The zero-order valence-electron chi connectivity index (χ0n) is 10.5. The Bertz CT molecular complexity index is 522. The molecule has 0 spiro atoms. The summed E-state index contributed by atoms with van der Waals surface area (Å²) in [6.45, 7) is 2.04. The van der Waals surface area contributed by atoms with Gasteiger partial charge in [0.15, 0.2) is 0 Å². The highest BCUT2D eigenvalue weighted by Gasteiger charge is 2.16. The summed E-state index contributed by atoms with van der Waals surface area (Å²) < 4.78 is 2.68. The predicted molar refractivity (Wildman–Crippen MR) is 73.2 cm³/mol. The molecule has 0 fully saturated rings. The molecular formula is C13H16BrN3O. The van der Waals surface area contributed by atoms with E-state index in [4.69, 9.17) is 0 Å². The zero-order chi connectivity index (χ0) is 13.1. The Kier molecular flexibility index (Phi) is 4.14. The van der Waals surface area contributed by atoms with Gasteiger partial charge in [0.2, 0.25) is 0 Å². The van der Waals surface area contributed by atoms with Crippen molar-refractivity contribution in [2.75, 3.05) is 0 Å². The van der Waals surface area contributed by atoms with Crippen molar-refractivity contribution in [2.45, 2.75) is 25.9 Å². The Morgan fingerprint density at radius 1 is 1.44 bits per heavy atom. The molecule has 2 rings (SSSR count). The molecule has 0 aliphatic heterocycles. The van der Waals surface area contributed by atoms with Gasteiger partial charge in [-0.1, -0.05) is 6.92 Å². The molecule has 2 aromatic rings. The second-order valence-corrected chi connectivity index (χ2v) is 5.16. The van der Waals surface area contributed by atoms with E-state index in [-0.39, 0.29) is 0 Å². The Hall–Kier alpha value is -1.20. The van der Waals surface area contributed by atoms with Crippen LogP contribution in [0.4, 0.5) is 0 Å². The molecule has 5 heteroatoms. The van der Waals surface area contributed by atoms with Crippen LogP contribution in [0.3, 0.4) is 0 Å². The maximum Gasteiger partial charge on any atom is 0.0878 e. The third-order valence-electron chi connectivity index (χ3n) is 2.82. The maximum absolute atomic E-state index is 10.3. The molecule has 0 radical (unpaired) electrons. The average molecular weight is 310 g/mol. The fourth-order valence-corrected chi connectivity index (χ4v) is 2.18. The highest BCUT2D eigenvalue weighted by atomic mass is 79.9. The maximum atomic E-state index is 10.3. The normalized spacial score (nSPS) is 12.7. The van der Waals surface area contributed by atoms with E-state index in [2.05, 4.69) is 26.0 Å². The Labute approximate surface area is 115 Å². The number of rotatable bonds is 4. The highest BCUT2D eigenvalue weighted by molar-refractivity contribution is 9.10. The van der Waals surface area contributed by atoms with Crippen LogP contribution in [0.1, 0.15) is 30.0 Å². The monoisotopic (exact) mass is 309 g/mol. The molecule has 1 N–H and O–H groups in total. The van der Waals surface area contributed by atoms with Gasteiger partial charge in [0, 0.05) is 41.6 Å². The minimum absolute atomic E-state index is 0.506. The van der Waals surface area contributed by atoms with Crippen molar-refractivity contribution in [1.82, 2.24) is 14.8 Å². The first kappa shape index (κ1) is 13.2. The molecule has 0 amide bonds. The van der Waals surface area contributed by atoms with Crippen molar-refractivity contribution in [3.8, 4) is 0 Å². The smallest absolute Gasteiger partial charge is 0.0878 e. The Morgan fingerprint density at radius 2 is 2.22 bits per heavy atom. The first-order valence-corrected chi connectivity index (χ1v) is 6.70. The van der Waals surface area contributed by atoms with Crippen molar-refractivity contribution in [1.29, 1.82) is 0 Å². The van der Waals surface area contributed by atoms with E-state index < -0.39 is 6.10 Å². The van der Waals surface area contributed by atoms with Crippen LogP contribution in [0, 0.1) is 0 Å². The Balaban J connectivity index is 2.16. The van der Waals surface area contributed by atoms with Gasteiger partial charge in [-0.25, -0.2) is 0 Å². The first-order valence-electron chi connectivity index (χ1n) is 5.91. The van der Waals surface area contributed by atoms with Crippen LogP contribution in [0.2, 0.25) is 0 Å². The zero-order valence-corrected chi connectivity index (χ0v) is 12.1. The lowest BCUT2D eigenvalue weighted by Crippen LogP contribution is -2.04. The summed E-state index contributed by atoms with van der Waals surface area (Å²) >= 11 is 3.34. The van der Waals surface area contributed by atoms with Gasteiger partial charge in [0.05, 0.1) is 11.8 Å². The molecule has 0 saturated carbocycles. The van der Waals surface area contributed by atoms with Gasteiger partial charge in [-0.15, -0.1) is 0 Å². The molecular weight excluding hydrogens is 294 g/mol. The SMILES string of the molecule is CCc1nn(C)cc1C(O)Cc1ccc(Br)cn1. The molecule has 1 unspecified atom stereocenters. The summed E-state index contributed by atoms with van der Waals surface area (Å²) in [7, 11) is 1.87. The van der Waals surface area contributed by atoms with Crippen molar-refractivity contribution in [3.63, 3.8) is 0 Å². The lowest BCUT2D eigenvalue weighted by molar-refractivity contribution is 0.176. The van der Waals surface area contributed by atoms with Crippen LogP contribution in [0.25, 0.3) is 0 Å². The average Bonchev–Trinajstić information content (AvgIpc) is 2.73. The number of hydrogen-bond donors (Lipinski definition) is 1. The molecule has 4 nitrogen and oxygen atoms in total. The number of aromatic nitrogens is 3. The van der Waals surface area contributed by atoms with E-state index in [1.54, 1.807) is 10.9 Å². The largest absolute Gasteiger partial charge is 0.388 e. The standard InChI is InChI=1S/C13H16BrN3O/c1-3-12-11(8-17(2)16-12)13(18)6-10-5-4-9(14)7-15-10/h4-5,7-8,13,18H,3,6H2,1-2H3. The van der Waals surface area contributed by atoms with Crippen LogP contribution < -0.4 is 0 Å². The summed E-state index contributed by atoms with van der Waals surface area (Å²) in [4.78, 5) is 4.27. The van der Waals surface area contributed by atoms with E-state index in [0.717, 1.165) is 27.8 Å². The molecule has 0 bridgehead atoms.